The Labute approximate surface area is 164 Å². The number of rotatable bonds is 6. The Hall–Kier alpha value is -2.12. The molecule has 0 spiro atoms. The van der Waals surface area contributed by atoms with Crippen molar-refractivity contribution in [2.24, 2.45) is 11.8 Å². The zero-order valence-electron chi connectivity index (χ0n) is 16.5. The van der Waals surface area contributed by atoms with Crippen LogP contribution in [0, 0.1) is 11.8 Å². The predicted molar refractivity (Wildman–Crippen MR) is 117 cm³/mol. The minimum absolute atomic E-state index is 0.532. The fourth-order valence-electron chi connectivity index (χ4n) is 5.78. The van der Waals surface area contributed by atoms with E-state index in [1.165, 1.54) is 36.0 Å². The van der Waals surface area contributed by atoms with Gasteiger partial charge in [0.2, 0.25) is 0 Å². The zero-order valence-corrected chi connectivity index (χ0v) is 16.5. The summed E-state index contributed by atoms with van der Waals surface area (Å²) in [7, 11) is 0. The lowest BCUT2D eigenvalue weighted by Gasteiger charge is -2.45. The van der Waals surface area contributed by atoms with Crippen molar-refractivity contribution in [3.63, 3.8) is 0 Å². The molecule has 0 radical (unpaired) electrons. The first-order valence-corrected chi connectivity index (χ1v) is 10.3. The second-order valence-electron chi connectivity index (χ2n) is 8.21. The summed E-state index contributed by atoms with van der Waals surface area (Å²) in [6, 6.07) is 5.27. The summed E-state index contributed by atoms with van der Waals surface area (Å²) in [5.41, 5.74) is 8.96. The molecule has 1 heteroatoms. The smallest absolute Gasteiger partial charge is 0.0145 e. The van der Waals surface area contributed by atoms with Crippen LogP contribution in [0.2, 0.25) is 0 Å². The number of allylic oxidation sites excluding steroid dienone is 6. The van der Waals surface area contributed by atoms with Gasteiger partial charge < -0.3 is 5.32 Å². The summed E-state index contributed by atoms with van der Waals surface area (Å²) >= 11 is 0. The van der Waals surface area contributed by atoms with Crippen molar-refractivity contribution < 1.29 is 0 Å². The van der Waals surface area contributed by atoms with Gasteiger partial charge >= 0.3 is 0 Å². The van der Waals surface area contributed by atoms with Gasteiger partial charge in [-0.05, 0) is 78.2 Å². The molecule has 0 aromatic heterocycles. The van der Waals surface area contributed by atoms with E-state index in [1.807, 2.05) is 18.2 Å². The van der Waals surface area contributed by atoms with E-state index in [-0.39, 0.29) is 0 Å². The van der Waals surface area contributed by atoms with Crippen LogP contribution < -0.4 is 5.32 Å². The van der Waals surface area contributed by atoms with E-state index in [2.05, 4.69) is 56.3 Å². The van der Waals surface area contributed by atoms with Gasteiger partial charge in [-0.25, -0.2) is 0 Å². The van der Waals surface area contributed by atoms with Gasteiger partial charge in [0, 0.05) is 12.6 Å². The van der Waals surface area contributed by atoms with E-state index in [1.54, 1.807) is 16.7 Å². The topological polar surface area (TPSA) is 12.0 Å². The van der Waals surface area contributed by atoms with Crippen LogP contribution in [0.5, 0.6) is 0 Å². The molecule has 0 bridgehead atoms. The van der Waals surface area contributed by atoms with Crippen LogP contribution in [0.3, 0.4) is 0 Å². The Balaban J connectivity index is 1.84. The van der Waals surface area contributed by atoms with Crippen molar-refractivity contribution >= 4 is 5.57 Å². The molecule has 3 aliphatic rings. The third-order valence-electron chi connectivity index (χ3n) is 6.94. The SMILES string of the molecule is C=C/C=C\C(=C/C)c1ccc2c3c1CC(NCC=C)C1CCC(=C)C(C2)C31. The summed E-state index contributed by atoms with van der Waals surface area (Å²) in [6.07, 6.45) is 15.1. The molecule has 27 heavy (non-hydrogen) atoms. The third kappa shape index (κ3) is 2.99. The first-order chi connectivity index (χ1) is 13.2. The molecule has 0 heterocycles. The van der Waals surface area contributed by atoms with Gasteiger partial charge in [-0.1, -0.05) is 61.2 Å². The van der Waals surface area contributed by atoms with Crippen molar-refractivity contribution in [2.45, 2.75) is 44.6 Å². The van der Waals surface area contributed by atoms with Crippen LogP contribution in [0.15, 0.2) is 67.8 Å². The maximum absolute atomic E-state index is 4.46. The minimum atomic E-state index is 0.532. The van der Waals surface area contributed by atoms with Crippen LogP contribution in [0.25, 0.3) is 5.57 Å². The van der Waals surface area contributed by atoms with Crippen LogP contribution in [-0.4, -0.2) is 12.6 Å². The Morgan fingerprint density at radius 2 is 2.11 bits per heavy atom. The second kappa shape index (κ2) is 7.48. The largest absolute Gasteiger partial charge is 0.310 e. The first-order valence-electron chi connectivity index (χ1n) is 10.3. The van der Waals surface area contributed by atoms with Crippen LogP contribution in [-0.2, 0) is 12.8 Å². The molecule has 140 valence electrons. The average Bonchev–Trinajstić information content (AvgIpc) is 3.08. The third-order valence-corrected chi connectivity index (χ3v) is 6.94. The average molecular weight is 358 g/mol. The van der Waals surface area contributed by atoms with Gasteiger partial charge in [-0.2, -0.15) is 0 Å². The lowest BCUT2D eigenvalue weighted by molar-refractivity contribution is 0.213. The Bertz CT molecular complexity index is 838. The monoisotopic (exact) mass is 357 g/mol. The zero-order chi connectivity index (χ0) is 19.0. The molecule has 4 atom stereocenters. The van der Waals surface area contributed by atoms with E-state index < -0.39 is 0 Å². The summed E-state index contributed by atoms with van der Waals surface area (Å²) in [6.45, 7) is 15.2. The van der Waals surface area contributed by atoms with E-state index in [9.17, 15) is 0 Å². The molecule has 3 aliphatic carbocycles. The van der Waals surface area contributed by atoms with E-state index in [0.29, 0.717) is 17.9 Å². The molecule has 4 rings (SSSR count). The molecule has 1 saturated carbocycles. The number of hydrogen-bond acceptors (Lipinski definition) is 1. The second-order valence-corrected chi connectivity index (χ2v) is 8.21. The van der Waals surface area contributed by atoms with Crippen LogP contribution in [0.4, 0.5) is 0 Å². The predicted octanol–water partition coefficient (Wildman–Crippen LogP) is 5.75. The molecule has 1 aromatic rings. The molecule has 1 fully saturated rings. The highest BCUT2D eigenvalue weighted by Crippen LogP contribution is 2.57. The molecule has 4 unspecified atom stereocenters. The highest BCUT2D eigenvalue weighted by atomic mass is 14.9. The summed E-state index contributed by atoms with van der Waals surface area (Å²) in [5.74, 6) is 2.01. The van der Waals surface area contributed by atoms with Gasteiger partial charge in [-0.15, -0.1) is 6.58 Å². The van der Waals surface area contributed by atoms with Gasteiger partial charge in [0.05, 0.1) is 0 Å². The van der Waals surface area contributed by atoms with Crippen molar-refractivity contribution in [1.82, 2.24) is 5.32 Å². The number of hydrogen-bond donors (Lipinski definition) is 1. The maximum atomic E-state index is 4.46. The Morgan fingerprint density at radius 3 is 2.85 bits per heavy atom. The Morgan fingerprint density at radius 1 is 1.26 bits per heavy atom. The molecule has 0 saturated heterocycles. The summed E-state index contributed by atoms with van der Waals surface area (Å²) in [5, 5.41) is 3.80. The van der Waals surface area contributed by atoms with Gasteiger partial charge in [-0.3, -0.25) is 0 Å². The van der Waals surface area contributed by atoms with Crippen LogP contribution >= 0.6 is 0 Å². The van der Waals surface area contributed by atoms with Crippen molar-refractivity contribution in [1.29, 1.82) is 0 Å². The molecule has 0 aliphatic heterocycles. The van der Waals surface area contributed by atoms with Crippen molar-refractivity contribution in [3.8, 4) is 0 Å². The van der Waals surface area contributed by atoms with E-state index in [4.69, 9.17) is 0 Å². The molecule has 0 amide bonds. The summed E-state index contributed by atoms with van der Waals surface area (Å²) in [4.78, 5) is 0. The van der Waals surface area contributed by atoms with E-state index >= 15 is 0 Å². The highest BCUT2D eigenvalue weighted by molar-refractivity contribution is 5.78. The van der Waals surface area contributed by atoms with Crippen molar-refractivity contribution in [3.05, 3.63) is 90.1 Å². The van der Waals surface area contributed by atoms with Crippen molar-refractivity contribution in [2.75, 3.05) is 6.54 Å². The molecule has 1 N–H and O–H groups in total. The fraction of sp³-hybridized carbons (Fsp3) is 0.385. The first kappa shape index (κ1) is 18.3. The standard InChI is InChI=1S/C26H31N/c1-5-8-9-18(7-3)20-13-11-19-15-22-17(4)10-12-21-24(27-14-6-2)16-23(20)25(19)26(21)22/h5-9,11,13,21-22,24,26-27H,1-2,4,10,12,14-16H2,3H3/b9-8-,18-7+. The molecular weight excluding hydrogens is 326 g/mol. The molecular formula is C26H31N. The Kier molecular flexibility index (Phi) is 5.06. The minimum Gasteiger partial charge on any atom is -0.310 e. The number of benzene rings is 1. The van der Waals surface area contributed by atoms with Gasteiger partial charge in [0.1, 0.15) is 0 Å². The fourth-order valence-corrected chi connectivity index (χ4v) is 5.78. The lowest BCUT2D eigenvalue weighted by Crippen LogP contribution is -2.46. The molecule has 1 nitrogen and oxygen atoms in total. The van der Waals surface area contributed by atoms with Gasteiger partial charge in [0.15, 0.2) is 0 Å². The molecule has 1 aromatic carbocycles. The maximum Gasteiger partial charge on any atom is 0.0145 e. The number of nitrogens with one attached hydrogen (secondary N) is 1. The summed E-state index contributed by atoms with van der Waals surface area (Å²) < 4.78 is 0. The van der Waals surface area contributed by atoms with E-state index in [0.717, 1.165) is 18.9 Å². The lowest BCUT2D eigenvalue weighted by atomic mass is 9.62. The quantitative estimate of drug-likeness (QED) is 0.504. The van der Waals surface area contributed by atoms with Gasteiger partial charge in [0.25, 0.3) is 0 Å². The normalized spacial score (nSPS) is 29.1. The highest BCUT2D eigenvalue weighted by Gasteiger charge is 2.48. The van der Waals surface area contributed by atoms with Crippen LogP contribution in [0.1, 0.15) is 47.9 Å².